The van der Waals surface area contributed by atoms with Crippen LogP contribution in [0.3, 0.4) is 0 Å². The first-order valence-electron chi connectivity index (χ1n) is 24.7. The molecule has 1 aromatic heterocycles. The number of benzene rings is 1. The SMILES string of the molecule is CCCCCCCCCCCCCCCCCCCCC1(CCCCCCCCCCCCCCCCCCCC)c2cc(Br)ccc2-c2ccc(Br)[siH]c21. The zero-order chi connectivity index (χ0) is 39.1. The molecule has 0 unspecified atom stereocenters. The van der Waals surface area contributed by atoms with Gasteiger partial charge in [0.05, 0.1) is 0 Å². The number of rotatable bonds is 38. The molecule has 3 rings (SSSR count). The van der Waals surface area contributed by atoms with Crippen LogP contribution < -0.4 is 0 Å². The smallest absolute Gasteiger partial charge is 0.0443 e. The van der Waals surface area contributed by atoms with Gasteiger partial charge in [0.15, 0.2) is 0 Å². The summed E-state index contributed by atoms with van der Waals surface area (Å²) in [6.07, 6.45) is 54.7. The third-order valence-corrected chi connectivity index (χ3v) is 16.3. The van der Waals surface area contributed by atoms with Gasteiger partial charge in [-0.2, -0.15) is 0 Å². The van der Waals surface area contributed by atoms with Crippen LogP contribution in [0.5, 0.6) is 0 Å². The van der Waals surface area contributed by atoms with Crippen molar-refractivity contribution in [3.8, 4) is 11.1 Å². The predicted molar refractivity (Wildman–Crippen MR) is 258 cm³/mol. The molecule has 0 aliphatic heterocycles. The van der Waals surface area contributed by atoms with Crippen molar-refractivity contribution in [2.75, 3.05) is 0 Å². The van der Waals surface area contributed by atoms with E-state index in [1.807, 2.05) is 0 Å². The van der Waals surface area contributed by atoms with Crippen LogP contribution in [0.2, 0.25) is 0 Å². The van der Waals surface area contributed by atoms with Gasteiger partial charge in [0.25, 0.3) is 0 Å². The average Bonchev–Trinajstić information content (AvgIpc) is 3.44. The summed E-state index contributed by atoms with van der Waals surface area (Å²) in [5, 5.41) is 1.80. The van der Waals surface area contributed by atoms with Crippen LogP contribution in [0, 0.1) is 0 Å². The number of fused-ring (bicyclic) bond motifs is 3. The van der Waals surface area contributed by atoms with Crippen molar-refractivity contribution in [2.24, 2.45) is 0 Å². The lowest BCUT2D eigenvalue weighted by Crippen LogP contribution is -2.27. The molecule has 55 heavy (non-hydrogen) atoms. The first-order chi connectivity index (χ1) is 27.1. The molecule has 1 aromatic carbocycles. The quantitative estimate of drug-likeness (QED) is 0.0465. The first kappa shape index (κ1) is 49.1. The van der Waals surface area contributed by atoms with Gasteiger partial charge >= 0.3 is 0 Å². The van der Waals surface area contributed by atoms with E-state index in [2.05, 4.69) is 76.0 Å². The average molecular weight is 901 g/mol. The summed E-state index contributed by atoms with van der Waals surface area (Å²) < 4.78 is 2.70. The van der Waals surface area contributed by atoms with Gasteiger partial charge in [-0.15, -0.1) is 0 Å². The molecular formula is C52H88Br2Si. The molecule has 0 nitrogen and oxygen atoms in total. The molecule has 0 bridgehead atoms. The van der Waals surface area contributed by atoms with Crippen LogP contribution in [-0.2, 0) is 5.41 Å². The minimum absolute atomic E-state index is 0.170. The Morgan fingerprint density at radius 1 is 0.382 bits per heavy atom. The summed E-state index contributed by atoms with van der Waals surface area (Å²) in [4.78, 5) is 0. The van der Waals surface area contributed by atoms with Crippen LogP contribution in [0.25, 0.3) is 11.1 Å². The zero-order valence-corrected chi connectivity index (χ0v) is 40.9. The Hall–Kier alpha value is -0.253. The van der Waals surface area contributed by atoms with Crippen molar-refractivity contribution in [1.82, 2.24) is 0 Å². The fraction of sp³-hybridized carbons (Fsp3) is 0.788. The largest absolute Gasteiger partial charge is 0.0654 e. The second-order valence-corrected chi connectivity index (χ2v) is 22.1. The van der Waals surface area contributed by atoms with E-state index in [4.69, 9.17) is 0 Å². The molecule has 0 radical (unpaired) electrons. The highest BCUT2D eigenvalue weighted by Crippen LogP contribution is 2.54. The van der Waals surface area contributed by atoms with Crippen LogP contribution in [-0.4, -0.2) is 9.12 Å². The molecule has 0 N–H and O–H groups in total. The van der Waals surface area contributed by atoms with E-state index in [-0.39, 0.29) is 14.5 Å². The van der Waals surface area contributed by atoms with Crippen LogP contribution >= 0.6 is 31.9 Å². The Morgan fingerprint density at radius 2 is 0.691 bits per heavy atom. The summed E-state index contributed by atoms with van der Waals surface area (Å²) in [7, 11) is 0.170. The summed E-state index contributed by atoms with van der Waals surface area (Å²) in [6.45, 7) is 4.63. The molecule has 1 heterocycles. The van der Waals surface area contributed by atoms with Crippen molar-refractivity contribution in [1.29, 1.82) is 0 Å². The third-order valence-electron chi connectivity index (χ3n) is 13.2. The summed E-state index contributed by atoms with van der Waals surface area (Å²) in [6, 6.07) is 12.0. The molecular weight excluding hydrogens is 812 g/mol. The molecule has 3 heteroatoms. The Balaban J connectivity index is 1.31. The van der Waals surface area contributed by atoms with Crippen LogP contribution in [0.15, 0.2) is 38.9 Å². The highest BCUT2D eigenvalue weighted by Gasteiger charge is 2.42. The van der Waals surface area contributed by atoms with Gasteiger partial charge in [-0.1, -0.05) is 295 Å². The topological polar surface area (TPSA) is 0 Å². The molecule has 2 aromatic rings. The maximum Gasteiger partial charge on any atom is 0.0443 e. The van der Waals surface area contributed by atoms with Gasteiger partial charge in [0, 0.05) is 19.0 Å². The van der Waals surface area contributed by atoms with Gasteiger partial charge < -0.3 is 0 Å². The minimum atomic E-state index is 0.170. The van der Waals surface area contributed by atoms with Crippen molar-refractivity contribution < 1.29 is 0 Å². The number of hydrogen-bond donors (Lipinski definition) is 0. The van der Waals surface area contributed by atoms with Crippen molar-refractivity contribution >= 4 is 41.0 Å². The van der Waals surface area contributed by atoms with Gasteiger partial charge in [-0.25, -0.2) is 0 Å². The Bertz CT molecular complexity index is 1110. The molecule has 0 fully saturated rings. The van der Waals surface area contributed by atoms with Gasteiger partial charge in [0.2, 0.25) is 0 Å². The number of unbranched alkanes of at least 4 members (excludes halogenated alkanes) is 34. The van der Waals surface area contributed by atoms with Crippen molar-refractivity contribution in [2.45, 2.75) is 263 Å². The standard InChI is InChI=1S/C52H88Br2Si/c1-3-5-7-9-11-13-15-17-19-21-23-25-27-29-31-33-35-37-43-52(49-45-46(53)39-40-47(49)48-41-42-50(54)55-51(48)52)44-38-36-34-32-30-28-26-24-22-20-18-16-14-12-10-8-6-4-2/h39-42,45,55H,3-38,43-44H2,1-2H3. The summed E-state index contributed by atoms with van der Waals surface area (Å²) in [5.74, 6) is 0. The number of halogens is 2. The Kier molecular flexibility index (Phi) is 29.1. The monoisotopic (exact) mass is 899 g/mol. The lowest BCUT2D eigenvalue weighted by Gasteiger charge is -2.33. The molecule has 0 amide bonds. The number of hydrogen-bond acceptors (Lipinski definition) is 0. The Morgan fingerprint density at radius 3 is 1.04 bits per heavy atom. The first-order valence-corrected chi connectivity index (χ1v) is 27.5. The van der Waals surface area contributed by atoms with Gasteiger partial charge in [0.1, 0.15) is 0 Å². The van der Waals surface area contributed by atoms with Crippen molar-refractivity contribution in [3.05, 3.63) is 49.6 Å². The highest BCUT2D eigenvalue weighted by molar-refractivity contribution is 9.11. The molecule has 0 saturated carbocycles. The van der Waals surface area contributed by atoms with E-state index < -0.39 is 0 Å². The molecule has 1 aliphatic rings. The third kappa shape index (κ3) is 20.5. The second kappa shape index (κ2) is 32.6. The van der Waals surface area contributed by atoms with E-state index >= 15 is 0 Å². The lowest BCUT2D eigenvalue weighted by molar-refractivity contribution is 0.401. The van der Waals surface area contributed by atoms with Crippen molar-refractivity contribution in [3.63, 3.8) is 0 Å². The van der Waals surface area contributed by atoms with Crippen LogP contribution in [0.1, 0.15) is 269 Å². The molecule has 0 saturated heterocycles. The van der Waals surface area contributed by atoms with Gasteiger partial charge in [-0.05, 0) is 50.9 Å². The maximum atomic E-state index is 3.97. The van der Waals surface area contributed by atoms with E-state index in [1.54, 1.807) is 16.3 Å². The van der Waals surface area contributed by atoms with E-state index in [1.165, 1.54) is 258 Å². The van der Waals surface area contributed by atoms with E-state index in [0.717, 1.165) is 0 Å². The normalized spacial score (nSPS) is 13.1. The molecule has 314 valence electrons. The highest BCUT2D eigenvalue weighted by atomic mass is 79.9. The van der Waals surface area contributed by atoms with Gasteiger partial charge in [-0.3, -0.25) is 0 Å². The summed E-state index contributed by atoms with van der Waals surface area (Å²) in [5.41, 5.74) is 5.00. The molecule has 0 atom stereocenters. The maximum absolute atomic E-state index is 3.97. The fourth-order valence-corrected chi connectivity index (χ4v) is 12.5. The zero-order valence-electron chi connectivity index (χ0n) is 36.6. The lowest BCUT2D eigenvalue weighted by atomic mass is 9.73. The second-order valence-electron chi connectivity index (χ2n) is 18.0. The van der Waals surface area contributed by atoms with E-state index in [9.17, 15) is 0 Å². The molecule has 0 spiro atoms. The molecule has 1 aliphatic carbocycles. The fourth-order valence-electron chi connectivity index (χ4n) is 9.76. The van der Waals surface area contributed by atoms with Crippen LogP contribution in [0.4, 0.5) is 0 Å². The summed E-state index contributed by atoms with van der Waals surface area (Å²) >= 11 is 7.87. The predicted octanol–water partition coefficient (Wildman–Crippen LogP) is 19.4. The van der Waals surface area contributed by atoms with E-state index in [0.29, 0.717) is 0 Å². The Labute approximate surface area is 362 Å². The minimum Gasteiger partial charge on any atom is -0.0654 e.